The van der Waals surface area contributed by atoms with Crippen molar-refractivity contribution in [1.29, 1.82) is 0 Å². The first-order chi connectivity index (χ1) is 18.1. The normalized spacial score (nSPS) is 39.0. The lowest BCUT2D eigenvalue weighted by atomic mass is 9.45. The minimum absolute atomic E-state index is 0.0357. The lowest BCUT2D eigenvalue weighted by Gasteiger charge is -2.60. The maximum atomic E-state index is 12.6. The Morgan fingerprint density at radius 2 is 1.95 bits per heavy atom. The summed E-state index contributed by atoms with van der Waals surface area (Å²) in [4.78, 5) is 34.1. The molecule has 5 rings (SSSR count). The number of nitrogens with one attached hydrogen (secondary N) is 1. The minimum atomic E-state index is -1.58. The Labute approximate surface area is 223 Å². The Kier molecular flexibility index (Phi) is 7.22. The standard InChI is InChI=1S/C29H39N3O6/c1-27-9-5-20(32-38-17-25(36)31-15-18-7-11-30-12-8-18)13-19(27)3-4-21-22-6-10-29(37,24(35)16-33)28(22,2)14-23(34)26(21)27/h7-8,11-13,21-23,26,33-34,37H,3-6,9-10,14-17H2,1-2H3,(H,31,36)/b32-20+/t21-,22-,23+,26+,27-,28-,29-/m0/s1. The third-order valence-corrected chi connectivity index (χ3v) is 10.3. The fraction of sp³-hybridized carbons (Fsp3) is 0.655. The molecule has 9 heteroatoms. The first kappa shape index (κ1) is 27.0. The van der Waals surface area contributed by atoms with E-state index in [-0.39, 0.29) is 35.7 Å². The molecule has 38 heavy (non-hydrogen) atoms. The van der Waals surface area contributed by atoms with Gasteiger partial charge in [0.05, 0.1) is 11.8 Å². The number of carbonyl (C=O) groups excluding carboxylic acids is 2. The zero-order chi connectivity index (χ0) is 27.1. The molecule has 3 saturated carbocycles. The number of carbonyl (C=O) groups is 2. The van der Waals surface area contributed by atoms with Crippen LogP contribution in [0, 0.1) is 28.6 Å². The Balaban J connectivity index is 1.25. The first-order valence-corrected chi connectivity index (χ1v) is 13.7. The number of nitrogens with zero attached hydrogens (tertiary/aromatic N) is 2. The van der Waals surface area contributed by atoms with Crippen molar-refractivity contribution in [2.75, 3.05) is 13.2 Å². The molecular weight excluding hydrogens is 486 g/mol. The van der Waals surface area contributed by atoms with Crippen LogP contribution in [0.4, 0.5) is 0 Å². The number of aromatic nitrogens is 1. The number of rotatable bonds is 7. The highest BCUT2D eigenvalue weighted by Crippen LogP contribution is 2.67. The average molecular weight is 526 g/mol. The summed E-state index contributed by atoms with van der Waals surface area (Å²) < 4.78 is 0. The molecule has 1 heterocycles. The van der Waals surface area contributed by atoms with E-state index in [0.29, 0.717) is 25.8 Å². The van der Waals surface area contributed by atoms with Crippen LogP contribution in [-0.4, -0.2) is 62.6 Å². The predicted molar refractivity (Wildman–Crippen MR) is 140 cm³/mol. The fourth-order valence-electron chi connectivity index (χ4n) is 8.29. The van der Waals surface area contributed by atoms with Gasteiger partial charge in [-0.25, -0.2) is 0 Å². The van der Waals surface area contributed by atoms with Crippen LogP contribution in [-0.2, 0) is 21.0 Å². The van der Waals surface area contributed by atoms with E-state index in [2.05, 4.69) is 28.5 Å². The van der Waals surface area contributed by atoms with Gasteiger partial charge in [-0.1, -0.05) is 24.6 Å². The van der Waals surface area contributed by atoms with Crippen LogP contribution < -0.4 is 5.32 Å². The van der Waals surface area contributed by atoms with E-state index in [0.717, 1.165) is 37.0 Å². The van der Waals surface area contributed by atoms with Gasteiger partial charge in [-0.15, -0.1) is 0 Å². The number of aliphatic hydroxyl groups is 3. The quantitative estimate of drug-likeness (QED) is 0.400. The molecule has 4 aliphatic rings. The molecule has 0 saturated heterocycles. The molecule has 0 radical (unpaired) electrons. The Bertz CT molecular complexity index is 1140. The van der Waals surface area contributed by atoms with Crippen molar-refractivity contribution in [3.05, 3.63) is 41.7 Å². The van der Waals surface area contributed by atoms with Crippen LogP contribution in [0.2, 0.25) is 0 Å². The molecule has 1 aromatic rings. The van der Waals surface area contributed by atoms with Crippen molar-refractivity contribution < 1.29 is 29.7 Å². The van der Waals surface area contributed by atoms with Crippen LogP contribution in [0.25, 0.3) is 0 Å². The topological polar surface area (TPSA) is 141 Å². The summed E-state index contributed by atoms with van der Waals surface area (Å²) in [5.41, 5.74) is 0.487. The van der Waals surface area contributed by atoms with E-state index >= 15 is 0 Å². The molecule has 0 spiro atoms. The number of hydrogen-bond donors (Lipinski definition) is 4. The summed E-state index contributed by atoms with van der Waals surface area (Å²) in [5, 5.41) is 39.4. The van der Waals surface area contributed by atoms with Gasteiger partial charge in [-0.3, -0.25) is 14.6 Å². The molecular formula is C29H39N3O6. The Hall–Kier alpha value is -2.62. The number of pyridine rings is 1. The van der Waals surface area contributed by atoms with Crippen molar-refractivity contribution in [3.8, 4) is 0 Å². The van der Waals surface area contributed by atoms with Gasteiger partial charge in [0.2, 0.25) is 0 Å². The van der Waals surface area contributed by atoms with Crippen LogP contribution in [0.3, 0.4) is 0 Å². The highest BCUT2D eigenvalue weighted by Gasteiger charge is 2.68. The zero-order valence-electron chi connectivity index (χ0n) is 22.2. The molecule has 0 bridgehead atoms. The number of Topliss-reactive ketones (excluding diaryl/α,β-unsaturated/α-hetero) is 1. The van der Waals surface area contributed by atoms with Gasteiger partial charge in [0.1, 0.15) is 12.2 Å². The molecule has 4 N–H and O–H groups in total. The van der Waals surface area contributed by atoms with Crippen LogP contribution in [0.1, 0.15) is 64.4 Å². The molecule has 1 amide bonds. The van der Waals surface area contributed by atoms with E-state index in [4.69, 9.17) is 4.84 Å². The summed E-state index contributed by atoms with van der Waals surface area (Å²) in [6.45, 7) is 3.73. The van der Waals surface area contributed by atoms with Crippen molar-refractivity contribution in [3.63, 3.8) is 0 Å². The van der Waals surface area contributed by atoms with Gasteiger partial charge in [0, 0.05) is 24.4 Å². The second-order valence-electron chi connectivity index (χ2n) is 12.1. The smallest absolute Gasteiger partial charge is 0.261 e. The molecule has 0 aliphatic heterocycles. The van der Waals surface area contributed by atoms with E-state index < -0.39 is 29.5 Å². The Morgan fingerprint density at radius 1 is 1.18 bits per heavy atom. The maximum absolute atomic E-state index is 12.6. The van der Waals surface area contributed by atoms with Gasteiger partial charge in [0.25, 0.3) is 5.91 Å². The number of allylic oxidation sites excluding steroid dienone is 2. The van der Waals surface area contributed by atoms with Crippen molar-refractivity contribution >= 4 is 17.4 Å². The van der Waals surface area contributed by atoms with Gasteiger partial charge in [-0.2, -0.15) is 0 Å². The van der Waals surface area contributed by atoms with Gasteiger partial charge >= 0.3 is 0 Å². The Morgan fingerprint density at radius 3 is 2.68 bits per heavy atom. The van der Waals surface area contributed by atoms with Gasteiger partial charge in [0.15, 0.2) is 12.4 Å². The molecule has 7 atom stereocenters. The summed E-state index contributed by atoms with van der Waals surface area (Å²) >= 11 is 0. The summed E-state index contributed by atoms with van der Waals surface area (Å²) in [6.07, 6.45) is 9.44. The van der Waals surface area contributed by atoms with Gasteiger partial charge in [-0.05, 0) is 91.9 Å². The molecule has 0 aromatic carbocycles. The van der Waals surface area contributed by atoms with E-state index in [9.17, 15) is 24.9 Å². The number of aliphatic hydroxyl groups excluding tert-OH is 2. The first-order valence-electron chi connectivity index (χ1n) is 13.7. The average Bonchev–Trinajstić information content (AvgIpc) is 3.18. The third kappa shape index (κ3) is 4.38. The van der Waals surface area contributed by atoms with Crippen LogP contribution in [0.15, 0.2) is 41.3 Å². The van der Waals surface area contributed by atoms with E-state index in [1.165, 1.54) is 5.57 Å². The summed E-state index contributed by atoms with van der Waals surface area (Å²) in [5.74, 6) is -0.414. The predicted octanol–water partition coefficient (Wildman–Crippen LogP) is 2.30. The largest absolute Gasteiger partial charge is 0.393 e. The third-order valence-electron chi connectivity index (χ3n) is 10.3. The van der Waals surface area contributed by atoms with Gasteiger partial charge < -0.3 is 25.5 Å². The highest BCUT2D eigenvalue weighted by atomic mass is 16.6. The van der Waals surface area contributed by atoms with E-state index in [1.54, 1.807) is 12.4 Å². The van der Waals surface area contributed by atoms with Crippen molar-refractivity contribution in [1.82, 2.24) is 10.3 Å². The maximum Gasteiger partial charge on any atom is 0.261 e. The van der Waals surface area contributed by atoms with E-state index in [1.807, 2.05) is 19.1 Å². The lowest BCUT2D eigenvalue weighted by molar-refractivity contribution is -0.181. The molecule has 0 unspecified atom stereocenters. The fourth-order valence-corrected chi connectivity index (χ4v) is 8.29. The number of amides is 1. The summed E-state index contributed by atoms with van der Waals surface area (Å²) in [6, 6.07) is 3.68. The highest BCUT2D eigenvalue weighted by molar-refractivity contribution is 5.96. The second-order valence-corrected chi connectivity index (χ2v) is 12.1. The lowest BCUT2D eigenvalue weighted by Crippen LogP contribution is -2.62. The number of ketones is 1. The van der Waals surface area contributed by atoms with Crippen LogP contribution in [0.5, 0.6) is 0 Å². The number of hydrogen-bond acceptors (Lipinski definition) is 8. The zero-order valence-corrected chi connectivity index (χ0v) is 22.2. The number of oxime groups is 1. The summed E-state index contributed by atoms with van der Waals surface area (Å²) in [7, 11) is 0. The number of fused-ring (bicyclic) bond motifs is 5. The molecule has 206 valence electrons. The van der Waals surface area contributed by atoms with Crippen molar-refractivity contribution in [2.24, 2.45) is 33.7 Å². The van der Waals surface area contributed by atoms with Crippen LogP contribution >= 0.6 is 0 Å². The molecule has 4 aliphatic carbocycles. The molecule has 9 nitrogen and oxygen atoms in total. The van der Waals surface area contributed by atoms with Crippen molar-refractivity contribution in [2.45, 2.75) is 77.0 Å². The minimum Gasteiger partial charge on any atom is -0.393 e. The molecule has 1 aromatic heterocycles. The molecule has 3 fully saturated rings. The SMILES string of the molecule is C[C@]12CC/C(=N\OCC(=O)NCc3ccncc3)C=C1CC[C@@H]1[C@@H]2[C@H](O)C[C@@]2(C)[C@H]1CC[C@]2(O)C(=O)CO. The second kappa shape index (κ2) is 10.2. The monoisotopic (exact) mass is 525 g/mol.